The summed E-state index contributed by atoms with van der Waals surface area (Å²) in [5.74, 6) is -0.515. The maximum atomic E-state index is 12.1. The van der Waals surface area contributed by atoms with Gasteiger partial charge in [0.1, 0.15) is 12.7 Å². The first-order chi connectivity index (χ1) is 25.8. The topological polar surface area (TPSA) is 131 Å². The second-order valence-electron chi connectivity index (χ2n) is 14.7. The van der Waals surface area contributed by atoms with Crippen LogP contribution in [-0.4, -0.2) is 54.3 Å². The summed E-state index contributed by atoms with van der Waals surface area (Å²) in [6.07, 6.45) is 42.6. The molecule has 53 heavy (non-hydrogen) atoms. The number of phosphoric acid groups is 1. The number of carbonyl (C=O) groups excluding carboxylic acids is 2. The number of aliphatic hydroxyl groups is 1. The number of unbranched alkanes of at least 4 members (excludes halogenated alkanes) is 24. The minimum absolute atomic E-state index is 0.0847. The van der Waals surface area contributed by atoms with E-state index in [1.54, 1.807) is 0 Å². The maximum Gasteiger partial charge on any atom is 0.472 e. The zero-order chi connectivity index (χ0) is 38.9. The number of ether oxygens (including phenoxy) is 1. The maximum absolute atomic E-state index is 12.1. The van der Waals surface area contributed by atoms with Crippen molar-refractivity contribution in [3.05, 3.63) is 24.3 Å². The number of hydrogen-bond donors (Lipinski definition) is 3. The lowest BCUT2D eigenvalue weighted by Crippen LogP contribution is -2.27. The molecule has 0 aliphatic heterocycles. The van der Waals surface area contributed by atoms with Crippen LogP contribution >= 0.6 is 7.82 Å². The molecule has 3 N–H and O–H groups in total. The standard InChI is InChI=1S/C43H82NO8P/c1-3-5-7-9-11-13-14-15-16-17-18-19-20-21-22-23-24-25-26-28-30-32-34-36-43(47)50-39-41(45)40-52-53(48,49)51-38-37-44-42(46)35-33-31-29-27-12-10-8-6-4-2/h11,13,15-16,41,45H,3-10,12,14,17-40H2,1-2H3,(H,44,46)(H,48,49)/b13-11-,16-15-. The van der Waals surface area contributed by atoms with Crippen molar-refractivity contribution >= 4 is 19.7 Å². The SMILES string of the molecule is CCCCC/C=C\C/C=C\CCCCCCCCCCCCCCCC(=O)OCC(O)COP(=O)(O)OCCNC(=O)CCCCCCCCCCC. The van der Waals surface area contributed by atoms with E-state index in [4.69, 9.17) is 13.8 Å². The van der Waals surface area contributed by atoms with Gasteiger partial charge in [-0.3, -0.25) is 18.6 Å². The molecule has 0 aromatic rings. The van der Waals surface area contributed by atoms with Gasteiger partial charge in [0, 0.05) is 19.4 Å². The third kappa shape index (κ3) is 41.5. The molecule has 0 bridgehead atoms. The van der Waals surface area contributed by atoms with Crippen LogP contribution in [0.3, 0.4) is 0 Å². The number of carbonyl (C=O) groups is 2. The normalized spacial score (nSPS) is 13.5. The van der Waals surface area contributed by atoms with Crippen LogP contribution in [-0.2, 0) is 27.9 Å². The molecular weight excluding hydrogens is 689 g/mol. The van der Waals surface area contributed by atoms with E-state index < -0.39 is 26.5 Å². The first-order valence-electron chi connectivity index (χ1n) is 21.8. The minimum atomic E-state index is -4.41. The van der Waals surface area contributed by atoms with Crippen molar-refractivity contribution in [1.82, 2.24) is 5.32 Å². The van der Waals surface area contributed by atoms with Gasteiger partial charge in [0.05, 0.1) is 13.2 Å². The lowest BCUT2D eigenvalue weighted by atomic mass is 10.0. The molecular formula is C43H82NO8P. The Labute approximate surface area is 325 Å². The molecule has 0 heterocycles. The predicted molar refractivity (Wildman–Crippen MR) is 220 cm³/mol. The molecule has 2 atom stereocenters. The highest BCUT2D eigenvalue weighted by Crippen LogP contribution is 2.42. The number of aliphatic hydroxyl groups excluding tert-OH is 1. The molecule has 0 saturated carbocycles. The molecule has 0 rings (SSSR count). The second kappa shape index (κ2) is 40.2. The average molecular weight is 772 g/mol. The molecule has 10 heteroatoms. The molecule has 0 spiro atoms. The van der Waals surface area contributed by atoms with Crippen molar-refractivity contribution in [2.45, 2.75) is 213 Å². The van der Waals surface area contributed by atoms with Crippen LogP contribution in [0, 0.1) is 0 Å². The van der Waals surface area contributed by atoms with Gasteiger partial charge in [0.15, 0.2) is 0 Å². The highest BCUT2D eigenvalue weighted by molar-refractivity contribution is 7.47. The Hall–Kier alpha value is -1.51. The molecule has 0 saturated heterocycles. The highest BCUT2D eigenvalue weighted by Gasteiger charge is 2.23. The molecule has 2 unspecified atom stereocenters. The largest absolute Gasteiger partial charge is 0.472 e. The monoisotopic (exact) mass is 772 g/mol. The predicted octanol–water partition coefficient (Wildman–Crippen LogP) is 12.0. The zero-order valence-electron chi connectivity index (χ0n) is 34.2. The Morgan fingerprint density at radius 1 is 0.585 bits per heavy atom. The summed E-state index contributed by atoms with van der Waals surface area (Å²) >= 11 is 0. The fourth-order valence-corrected chi connectivity index (χ4v) is 6.81. The van der Waals surface area contributed by atoms with Gasteiger partial charge in [0.25, 0.3) is 0 Å². The van der Waals surface area contributed by atoms with E-state index in [0.29, 0.717) is 6.42 Å². The molecule has 0 radical (unpaired) electrons. The van der Waals surface area contributed by atoms with E-state index in [0.717, 1.165) is 44.9 Å². The Morgan fingerprint density at radius 3 is 1.55 bits per heavy atom. The van der Waals surface area contributed by atoms with Crippen LogP contribution in [0.25, 0.3) is 0 Å². The van der Waals surface area contributed by atoms with E-state index in [2.05, 4.69) is 43.5 Å². The zero-order valence-corrected chi connectivity index (χ0v) is 35.1. The lowest BCUT2D eigenvalue weighted by molar-refractivity contribution is -0.147. The van der Waals surface area contributed by atoms with Gasteiger partial charge in [-0.15, -0.1) is 0 Å². The summed E-state index contributed by atoms with van der Waals surface area (Å²) in [5, 5.41) is 12.7. The Morgan fingerprint density at radius 2 is 1.02 bits per heavy atom. The first-order valence-corrected chi connectivity index (χ1v) is 23.3. The Bertz CT molecular complexity index is 928. The van der Waals surface area contributed by atoms with Crippen LogP contribution in [0.1, 0.15) is 206 Å². The van der Waals surface area contributed by atoms with Crippen molar-refractivity contribution in [1.29, 1.82) is 0 Å². The average Bonchev–Trinajstić information content (AvgIpc) is 3.14. The van der Waals surface area contributed by atoms with Crippen LogP contribution in [0.2, 0.25) is 0 Å². The Kier molecular flexibility index (Phi) is 39.0. The molecule has 0 aromatic heterocycles. The molecule has 0 aromatic carbocycles. The highest BCUT2D eigenvalue weighted by atomic mass is 31.2. The van der Waals surface area contributed by atoms with Crippen LogP contribution in [0.4, 0.5) is 0 Å². The number of nitrogens with one attached hydrogen (secondary N) is 1. The second-order valence-corrected chi connectivity index (χ2v) is 16.1. The Balaban J connectivity index is 3.54. The van der Waals surface area contributed by atoms with Gasteiger partial charge in [-0.25, -0.2) is 4.57 Å². The number of rotatable bonds is 41. The third-order valence-electron chi connectivity index (χ3n) is 9.38. The fourth-order valence-electron chi connectivity index (χ4n) is 6.06. The quantitative estimate of drug-likeness (QED) is 0.0242. The summed E-state index contributed by atoms with van der Waals surface area (Å²) in [5.41, 5.74) is 0. The lowest BCUT2D eigenvalue weighted by Gasteiger charge is -2.15. The van der Waals surface area contributed by atoms with E-state index in [1.807, 2.05) is 0 Å². The number of amides is 1. The summed E-state index contributed by atoms with van der Waals surface area (Å²) in [4.78, 5) is 33.8. The van der Waals surface area contributed by atoms with Gasteiger partial charge in [-0.1, -0.05) is 173 Å². The van der Waals surface area contributed by atoms with Gasteiger partial charge >= 0.3 is 13.8 Å². The van der Waals surface area contributed by atoms with Gasteiger partial charge in [0.2, 0.25) is 5.91 Å². The van der Waals surface area contributed by atoms with Gasteiger partial charge in [-0.05, 0) is 44.9 Å². The molecule has 1 amide bonds. The van der Waals surface area contributed by atoms with E-state index in [-0.39, 0.29) is 32.1 Å². The first kappa shape index (κ1) is 51.5. The third-order valence-corrected chi connectivity index (χ3v) is 10.4. The van der Waals surface area contributed by atoms with Crippen molar-refractivity contribution in [3.8, 4) is 0 Å². The van der Waals surface area contributed by atoms with Crippen LogP contribution < -0.4 is 5.32 Å². The summed E-state index contributed by atoms with van der Waals surface area (Å²) < 4.78 is 26.8. The number of phosphoric ester groups is 1. The summed E-state index contributed by atoms with van der Waals surface area (Å²) in [6, 6.07) is 0. The van der Waals surface area contributed by atoms with E-state index in [9.17, 15) is 24.2 Å². The van der Waals surface area contributed by atoms with Gasteiger partial charge in [-0.2, -0.15) is 0 Å². The molecule has 312 valence electrons. The van der Waals surface area contributed by atoms with Crippen molar-refractivity contribution in [2.75, 3.05) is 26.4 Å². The summed E-state index contributed by atoms with van der Waals surface area (Å²) in [7, 11) is -4.41. The van der Waals surface area contributed by atoms with E-state index >= 15 is 0 Å². The van der Waals surface area contributed by atoms with Crippen LogP contribution in [0.15, 0.2) is 24.3 Å². The number of allylic oxidation sites excluding steroid dienone is 4. The van der Waals surface area contributed by atoms with Crippen molar-refractivity contribution < 1.29 is 37.9 Å². The van der Waals surface area contributed by atoms with Crippen molar-refractivity contribution in [2.24, 2.45) is 0 Å². The molecule has 0 fully saturated rings. The molecule has 9 nitrogen and oxygen atoms in total. The number of esters is 1. The van der Waals surface area contributed by atoms with Gasteiger partial charge < -0.3 is 20.1 Å². The van der Waals surface area contributed by atoms with Crippen LogP contribution in [0.5, 0.6) is 0 Å². The smallest absolute Gasteiger partial charge is 0.463 e. The molecule has 0 aliphatic carbocycles. The molecule has 0 aliphatic rings. The summed E-state index contributed by atoms with van der Waals surface area (Å²) in [6.45, 7) is 3.52. The minimum Gasteiger partial charge on any atom is -0.463 e. The van der Waals surface area contributed by atoms with Crippen molar-refractivity contribution in [3.63, 3.8) is 0 Å². The number of hydrogen-bond acceptors (Lipinski definition) is 7. The fraction of sp³-hybridized carbons (Fsp3) is 0.860. The van der Waals surface area contributed by atoms with E-state index in [1.165, 1.54) is 135 Å².